The van der Waals surface area contributed by atoms with Crippen LogP contribution in [-0.4, -0.2) is 12.5 Å². The van der Waals surface area contributed by atoms with Crippen LogP contribution in [0.15, 0.2) is 12.1 Å². The highest BCUT2D eigenvalue weighted by Crippen LogP contribution is 2.16. The standard InChI is InChI=1S/C13H22N2OS/c1-3-11-5-6-12(17-11)9-15-13(16)7-4-10(2)8-14/h5-6,10H,3-4,7-9,14H2,1-2H3,(H,15,16). The quantitative estimate of drug-likeness (QED) is 0.784. The first-order valence-corrected chi connectivity index (χ1v) is 7.01. The molecule has 0 aliphatic carbocycles. The van der Waals surface area contributed by atoms with Crippen LogP contribution < -0.4 is 11.1 Å². The third kappa shape index (κ3) is 5.33. The summed E-state index contributed by atoms with van der Waals surface area (Å²) in [5, 5.41) is 2.95. The third-order valence-electron chi connectivity index (χ3n) is 2.79. The molecule has 1 amide bonds. The van der Waals surface area contributed by atoms with Gasteiger partial charge in [-0.3, -0.25) is 4.79 Å². The topological polar surface area (TPSA) is 55.1 Å². The number of aryl methyl sites for hydroxylation is 1. The van der Waals surface area contributed by atoms with Crippen LogP contribution in [0.3, 0.4) is 0 Å². The molecule has 0 radical (unpaired) electrons. The molecule has 0 aromatic carbocycles. The van der Waals surface area contributed by atoms with Gasteiger partial charge in [-0.2, -0.15) is 0 Å². The highest BCUT2D eigenvalue weighted by atomic mass is 32.1. The molecule has 1 atom stereocenters. The predicted molar refractivity (Wildman–Crippen MR) is 73.0 cm³/mol. The number of nitrogens with one attached hydrogen (secondary N) is 1. The molecule has 0 aliphatic heterocycles. The van der Waals surface area contributed by atoms with E-state index in [2.05, 4.69) is 31.3 Å². The van der Waals surface area contributed by atoms with E-state index < -0.39 is 0 Å². The average Bonchev–Trinajstić information content (AvgIpc) is 2.81. The molecule has 0 saturated carbocycles. The summed E-state index contributed by atoms with van der Waals surface area (Å²) in [5.41, 5.74) is 5.51. The molecule has 0 fully saturated rings. The van der Waals surface area contributed by atoms with E-state index in [0.717, 1.165) is 12.8 Å². The van der Waals surface area contributed by atoms with Gasteiger partial charge in [0.25, 0.3) is 0 Å². The molecule has 0 saturated heterocycles. The van der Waals surface area contributed by atoms with Crippen molar-refractivity contribution in [1.29, 1.82) is 0 Å². The number of carbonyl (C=O) groups excluding carboxylic acids is 1. The summed E-state index contributed by atoms with van der Waals surface area (Å²) in [7, 11) is 0. The maximum Gasteiger partial charge on any atom is 0.220 e. The smallest absolute Gasteiger partial charge is 0.220 e. The van der Waals surface area contributed by atoms with Gasteiger partial charge in [0.2, 0.25) is 5.91 Å². The molecule has 1 rings (SSSR count). The lowest BCUT2D eigenvalue weighted by Crippen LogP contribution is -2.23. The molecule has 96 valence electrons. The average molecular weight is 254 g/mol. The SMILES string of the molecule is CCc1ccc(CNC(=O)CCC(C)CN)s1. The van der Waals surface area contributed by atoms with Gasteiger partial charge in [0.1, 0.15) is 0 Å². The van der Waals surface area contributed by atoms with E-state index in [-0.39, 0.29) is 5.91 Å². The Morgan fingerprint density at radius 2 is 2.18 bits per heavy atom. The van der Waals surface area contributed by atoms with Crippen molar-refractivity contribution in [1.82, 2.24) is 5.32 Å². The van der Waals surface area contributed by atoms with E-state index >= 15 is 0 Å². The highest BCUT2D eigenvalue weighted by molar-refractivity contribution is 7.11. The second-order valence-corrected chi connectivity index (χ2v) is 5.63. The minimum absolute atomic E-state index is 0.122. The van der Waals surface area contributed by atoms with Crippen molar-refractivity contribution in [2.45, 2.75) is 39.7 Å². The van der Waals surface area contributed by atoms with E-state index in [1.807, 2.05) is 0 Å². The first-order valence-electron chi connectivity index (χ1n) is 6.20. The van der Waals surface area contributed by atoms with Gasteiger partial charge in [-0.15, -0.1) is 11.3 Å². The summed E-state index contributed by atoms with van der Waals surface area (Å²) in [6, 6.07) is 4.22. The Balaban J connectivity index is 2.23. The van der Waals surface area contributed by atoms with Crippen molar-refractivity contribution >= 4 is 17.2 Å². The van der Waals surface area contributed by atoms with Crippen LogP contribution in [0.1, 0.15) is 36.4 Å². The van der Waals surface area contributed by atoms with Gasteiger partial charge in [-0.25, -0.2) is 0 Å². The fourth-order valence-corrected chi connectivity index (χ4v) is 2.37. The number of rotatable bonds is 7. The summed E-state index contributed by atoms with van der Waals surface area (Å²) in [5.74, 6) is 0.547. The van der Waals surface area contributed by atoms with Gasteiger partial charge in [-0.05, 0) is 37.4 Å². The molecule has 1 aromatic heterocycles. The first-order chi connectivity index (χ1) is 8.15. The van der Waals surface area contributed by atoms with Crippen LogP contribution in [0.25, 0.3) is 0 Å². The molecule has 3 N–H and O–H groups in total. The summed E-state index contributed by atoms with van der Waals surface area (Å²) >= 11 is 1.77. The Labute approximate surface area is 107 Å². The maximum atomic E-state index is 11.6. The fraction of sp³-hybridized carbons (Fsp3) is 0.615. The molecule has 1 heterocycles. The fourth-order valence-electron chi connectivity index (χ4n) is 1.48. The Bertz CT molecular complexity index is 349. The van der Waals surface area contributed by atoms with Gasteiger partial charge in [-0.1, -0.05) is 13.8 Å². The molecular weight excluding hydrogens is 232 g/mol. The van der Waals surface area contributed by atoms with Crippen LogP contribution in [-0.2, 0) is 17.8 Å². The summed E-state index contributed by atoms with van der Waals surface area (Å²) in [4.78, 5) is 14.2. The van der Waals surface area contributed by atoms with Crippen molar-refractivity contribution in [2.24, 2.45) is 11.7 Å². The summed E-state index contributed by atoms with van der Waals surface area (Å²) in [6.45, 7) is 5.51. The lowest BCUT2D eigenvalue weighted by atomic mass is 10.1. The van der Waals surface area contributed by atoms with Crippen molar-refractivity contribution < 1.29 is 4.79 Å². The molecule has 0 spiro atoms. The van der Waals surface area contributed by atoms with E-state index in [1.54, 1.807) is 11.3 Å². The Morgan fingerprint density at radius 1 is 1.47 bits per heavy atom. The zero-order valence-electron chi connectivity index (χ0n) is 10.7. The number of carbonyl (C=O) groups is 1. The van der Waals surface area contributed by atoms with E-state index in [0.29, 0.717) is 25.4 Å². The van der Waals surface area contributed by atoms with Crippen LogP contribution in [0.5, 0.6) is 0 Å². The molecule has 0 bridgehead atoms. The minimum Gasteiger partial charge on any atom is -0.351 e. The van der Waals surface area contributed by atoms with Crippen LogP contribution in [0.2, 0.25) is 0 Å². The third-order valence-corrected chi connectivity index (χ3v) is 4.02. The van der Waals surface area contributed by atoms with Gasteiger partial charge < -0.3 is 11.1 Å². The van der Waals surface area contributed by atoms with Crippen LogP contribution in [0.4, 0.5) is 0 Å². The molecule has 0 aliphatic rings. The second kappa shape index (κ2) is 7.45. The van der Waals surface area contributed by atoms with Crippen LogP contribution >= 0.6 is 11.3 Å². The van der Waals surface area contributed by atoms with Crippen LogP contribution in [0, 0.1) is 5.92 Å². The lowest BCUT2D eigenvalue weighted by Gasteiger charge is -2.07. The normalized spacial score (nSPS) is 12.4. The van der Waals surface area contributed by atoms with Gasteiger partial charge in [0.05, 0.1) is 6.54 Å². The van der Waals surface area contributed by atoms with Gasteiger partial charge in [0, 0.05) is 16.2 Å². The molecular formula is C13H22N2OS. The summed E-state index contributed by atoms with van der Waals surface area (Å²) in [6.07, 6.45) is 2.50. The Hall–Kier alpha value is -0.870. The van der Waals surface area contributed by atoms with E-state index in [9.17, 15) is 4.79 Å². The largest absolute Gasteiger partial charge is 0.351 e. The Kier molecular flexibility index (Phi) is 6.22. The van der Waals surface area contributed by atoms with E-state index in [4.69, 9.17) is 5.73 Å². The van der Waals surface area contributed by atoms with Crippen molar-refractivity contribution in [3.8, 4) is 0 Å². The Morgan fingerprint density at radius 3 is 2.76 bits per heavy atom. The monoisotopic (exact) mass is 254 g/mol. The lowest BCUT2D eigenvalue weighted by molar-refractivity contribution is -0.121. The number of hydrogen-bond acceptors (Lipinski definition) is 3. The van der Waals surface area contributed by atoms with Crippen molar-refractivity contribution in [2.75, 3.05) is 6.54 Å². The predicted octanol–water partition coefficient (Wildman–Crippen LogP) is 2.30. The molecule has 4 heteroatoms. The number of hydrogen-bond donors (Lipinski definition) is 2. The maximum absolute atomic E-state index is 11.6. The molecule has 17 heavy (non-hydrogen) atoms. The van der Waals surface area contributed by atoms with Gasteiger partial charge in [0.15, 0.2) is 0 Å². The zero-order valence-corrected chi connectivity index (χ0v) is 11.5. The first kappa shape index (κ1) is 14.2. The molecule has 1 unspecified atom stereocenters. The zero-order chi connectivity index (χ0) is 12.7. The summed E-state index contributed by atoms with van der Waals surface area (Å²) < 4.78 is 0. The van der Waals surface area contributed by atoms with Gasteiger partial charge >= 0.3 is 0 Å². The van der Waals surface area contributed by atoms with Crippen molar-refractivity contribution in [3.05, 3.63) is 21.9 Å². The number of nitrogens with two attached hydrogens (primary N) is 1. The van der Waals surface area contributed by atoms with Crippen molar-refractivity contribution in [3.63, 3.8) is 0 Å². The molecule has 3 nitrogen and oxygen atoms in total. The number of thiophene rings is 1. The number of amides is 1. The second-order valence-electron chi connectivity index (χ2n) is 4.38. The van der Waals surface area contributed by atoms with E-state index in [1.165, 1.54) is 9.75 Å². The molecule has 1 aromatic rings. The highest BCUT2D eigenvalue weighted by Gasteiger charge is 2.06. The minimum atomic E-state index is 0.122.